The van der Waals surface area contributed by atoms with E-state index < -0.39 is 8.24 Å². The van der Waals surface area contributed by atoms with Crippen LogP contribution in [-0.2, 0) is 0 Å². The molecule has 60 valence electrons. The Labute approximate surface area is 73.3 Å². The third-order valence-corrected chi connectivity index (χ3v) is 3.53. The molecular formula is C7H12N2SSi. The van der Waals surface area contributed by atoms with Crippen LogP contribution in [0.4, 0.5) is 0 Å². The molecule has 2 nitrogen and oxygen atoms in total. The lowest BCUT2D eigenvalue weighted by molar-refractivity contribution is 1.11. The van der Waals surface area contributed by atoms with E-state index in [1.54, 1.807) is 11.6 Å². The zero-order valence-corrected chi connectivity index (χ0v) is 8.85. The molecule has 0 aliphatic carbocycles. The Balaban J connectivity index is 3.12. The van der Waals surface area contributed by atoms with E-state index >= 15 is 0 Å². The molecular weight excluding hydrogens is 172 g/mol. The first-order valence-corrected chi connectivity index (χ1v) is 7.46. The Hall–Kier alpha value is -0.483. The van der Waals surface area contributed by atoms with Gasteiger partial charge in [0, 0.05) is 17.8 Å². The van der Waals surface area contributed by atoms with Gasteiger partial charge >= 0.3 is 0 Å². The van der Waals surface area contributed by atoms with E-state index in [-0.39, 0.29) is 0 Å². The molecule has 0 bridgehead atoms. The number of nitrogens with zero attached hydrogens (tertiary/aromatic N) is 2. The number of hydrogen-bond acceptors (Lipinski definition) is 2. The summed E-state index contributed by atoms with van der Waals surface area (Å²) in [5.41, 5.74) is 0. The summed E-state index contributed by atoms with van der Waals surface area (Å²) >= 11 is 4.84. The second-order valence-corrected chi connectivity index (χ2v) is 8.50. The monoisotopic (exact) mass is 184 g/mol. The first kappa shape index (κ1) is 8.61. The minimum Gasteiger partial charge on any atom is -0.359 e. The first-order valence-electron chi connectivity index (χ1n) is 3.54. The Morgan fingerprint density at radius 1 is 1.55 bits per heavy atom. The van der Waals surface area contributed by atoms with Gasteiger partial charge in [-0.05, 0) is 0 Å². The fourth-order valence-electron chi connectivity index (χ4n) is 0.969. The summed E-state index contributed by atoms with van der Waals surface area (Å²) in [7, 11) is -1.29. The quantitative estimate of drug-likeness (QED) is 0.516. The van der Waals surface area contributed by atoms with Gasteiger partial charge in [0.2, 0.25) is 0 Å². The molecule has 11 heavy (non-hydrogen) atoms. The van der Waals surface area contributed by atoms with Crippen molar-refractivity contribution in [2.45, 2.75) is 19.6 Å². The number of hydrogen-bond donors (Lipinski definition) is 0. The largest absolute Gasteiger partial charge is 0.359 e. The zero-order chi connectivity index (χ0) is 8.48. The zero-order valence-electron chi connectivity index (χ0n) is 7.03. The van der Waals surface area contributed by atoms with Crippen LogP contribution in [0.5, 0.6) is 0 Å². The van der Waals surface area contributed by atoms with Gasteiger partial charge in [0.05, 0.1) is 0 Å². The molecule has 1 aromatic heterocycles. The number of rotatable bonds is 2. The van der Waals surface area contributed by atoms with Crippen molar-refractivity contribution < 1.29 is 0 Å². The number of thiocarbonyl (C=S) groups is 1. The first-order chi connectivity index (χ1) is 5.05. The van der Waals surface area contributed by atoms with Crippen LogP contribution in [-0.4, -0.2) is 22.8 Å². The smallest absolute Gasteiger partial charge is 0.154 e. The fraction of sp³-hybridized carbons (Fsp3) is 0.429. The van der Waals surface area contributed by atoms with Crippen molar-refractivity contribution in [3.8, 4) is 0 Å². The van der Waals surface area contributed by atoms with Gasteiger partial charge in [-0.2, -0.15) is 0 Å². The van der Waals surface area contributed by atoms with E-state index in [4.69, 9.17) is 12.2 Å². The highest BCUT2D eigenvalue weighted by atomic mass is 32.1. The molecule has 0 saturated carbocycles. The molecule has 1 rings (SSSR count). The molecule has 0 aliphatic rings. The van der Waals surface area contributed by atoms with Crippen LogP contribution >= 0.6 is 12.2 Å². The molecule has 0 radical (unpaired) electrons. The van der Waals surface area contributed by atoms with Gasteiger partial charge in [0.1, 0.15) is 5.82 Å². The predicted molar refractivity (Wildman–Crippen MR) is 53.7 cm³/mol. The van der Waals surface area contributed by atoms with Crippen LogP contribution in [0.3, 0.4) is 0 Å². The molecule has 1 aromatic rings. The minimum absolute atomic E-state index is 0.916. The minimum atomic E-state index is -1.29. The Morgan fingerprint density at radius 2 is 2.18 bits per heavy atom. The maximum Gasteiger partial charge on any atom is 0.154 e. The molecule has 0 amide bonds. The molecule has 4 heteroatoms. The summed E-state index contributed by atoms with van der Waals surface area (Å²) < 4.78 is 2.19. The van der Waals surface area contributed by atoms with Crippen LogP contribution in [0.25, 0.3) is 0 Å². The molecule has 0 aromatic carbocycles. The van der Waals surface area contributed by atoms with Crippen LogP contribution in [0.15, 0.2) is 12.4 Å². The Morgan fingerprint density at radius 3 is 2.55 bits per heavy atom. The standard InChI is InChI=1S/C7H12N2SSi/c1-11(2,3)9-5-4-8-7(9)6-10/h4-6H,1-3H3. The van der Waals surface area contributed by atoms with Gasteiger partial charge in [0.15, 0.2) is 8.24 Å². The van der Waals surface area contributed by atoms with Gasteiger partial charge in [-0.3, -0.25) is 0 Å². The second-order valence-electron chi connectivity index (χ2n) is 3.44. The van der Waals surface area contributed by atoms with Gasteiger partial charge < -0.3 is 4.23 Å². The van der Waals surface area contributed by atoms with Gasteiger partial charge in [-0.1, -0.05) is 31.9 Å². The highest BCUT2D eigenvalue weighted by Gasteiger charge is 2.17. The van der Waals surface area contributed by atoms with E-state index in [1.807, 2.05) is 6.20 Å². The third-order valence-electron chi connectivity index (χ3n) is 1.50. The van der Waals surface area contributed by atoms with Crippen molar-refractivity contribution in [1.29, 1.82) is 0 Å². The summed E-state index contributed by atoms with van der Waals surface area (Å²) in [4.78, 5) is 4.14. The molecule has 0 atom stereocenters. The highest BCUT2D eigenvalue weighted by Crippen LogP contribution is 2.07. The molecule has 0 spiro atoms. The second kappa shape index (κ2) is 2.87. The lowest BCUT2D eigenvalue weighted by Gasteiger charge is -2.19. The van der Waals surface area contributed by atoms with E-state index in [0.717, 1.165) is 5.82 Å². The van der Waals surface area contributed by atoms with Gasteiger partial charge in [0.25, 0.3) is 0 Å². The number of imidazole rings is 1. The van der Waals surface area contributed by atoms with E-state index in [0.29, 0.717) is 0 Å². The van der Waals surface area contributed by atoms with E-state index in [9.17, 15) is 0 Å². The third kappa shape index (κ3) is 1.75. The summed E-state index contributed by atoms with van der Waals surface area (Å²) in [6.45, 7) is 6.78. The SMILES string of the molecule is C[Si](C)(C)n1ccnc1C=S. The number of aromatic nitrogens is 2. The van der Waals surface area contributed by atoms with Crippen molar-refractivity contribution in [1.82, 2.24) is 9.22 Å². The van der Waals surface area contributed by atoms with E-state index in [2.05, 4.69) is 28.9 Å². The highest BCUT2D eigenvalue weighted by molar-refractivity contribution is 7.79. The van der Waals surface area contributed by atoms with Crippen molar-refractivity contribution in [2.75, 3.05) is 0 Å². The van der Waals surface area contributed by atoms with Gasteiger partial charge in [-0.25, -0.2) is 4.98 Å². The van der Waals surface area contributed by atoms with Crippen LogP contribution < -0.4 is 0 Å². The average molecular weight is 184 g/mol. The van der Waals surface area contributed by atoms with Crippen LogP contribution in [0, 0.1) is 0 Å². The summed E-state index contributed by atoms with van der Waals surface area (Å²) in [5, 5.41) is 1.64. The summed E-state index contributed by atoms with van der Waals surface area (Å²) in [6.07, 6.45) is 3.81. The van der Waals surface area contributed by atoms with Crippen LogP contribution in [0.1, 0.15) is 5.82 Å². The maximum absolute atomic E-state index is 4.84. The maximum atomic E-state index is 4.84. The fourth-order valence-corrected chi connectivity index (χ4v) is 2.56. The van der Waals surface area contributed by atoms with Crippen molar-refractivity contribution in [2.24, 2.45) is 0 Å². The lowest BCUT2D eigenvalue weighted by atomic mass is 10.7. The summed E-state index contributed by atoms with van der Waals surface area (Å²) in [5.74, 6) is 0.916. The predicted octanol–water partition coefficient (Wildman–Crippen LogP) is 1.91. The average Bonchev–Trinajstić information content (AvgIpc) is 2.31. The van der Waals surface area contributed by atoms with E-state index in [1.165, 1.54) is 0 Å². The Bertz CT molecular complexity index is 262. The molecule has 0 aliphatic heterocycles. The van der Waals surface area contributed by atoms with Crippen molar-refractivity contribution in [3.63, 3.8) is 0 Å². The van der Waals surface area contributed by atoms with Gasteiger partial charge in [-0.15, -0.1) is 0 Å². The Kier molecular flexibility index (Phi) is 2.24. The molecule has 0 unspecified atom stereocenters. The molecule has 0 fully saturated rings. The molecule has 0 saturated heterocycles. The lowest BCUT2D eigenvalue weighted by Crippen LogP contribution is -2.32. The van der Waals surface area contributed by atoms with Crippen molar-refractivity contribution >= 4 is 25.8 Å². The normalized spacial score (nSPS) is 11.5. The molecule has 0 N–H and O–H groups in total. The molecule has 1 heterocycles. The van der Waals surface area contributed by atoms with Crippen molar-refractivity contribution in [3.05, 3.63) is 18.2 Å². The van der Waals surface area contributed by atoms with Crippen LogP contribution in [0.2, 0.25) is 19.6 Å². The summed E-state index contributed by atoms with van der Waals surface area (Å²) in [6, 6.07) is 0. The topological polar surface area (TPSA) is 17.8 Å².